The zero-order chi connectivity index (χ0) is 25.8. The standard InChI is InChI=1S/C24H25Cl3N4O4/c1-24(2,3)35-23(33)31(10-11-32)12-14-8-9-17(30-22(14)34-4)15-6-5-7-16(18(15)25)20-19(26)21(27)29-13-28-20/h5-9,13,32H,10-12H2,1-4H3. The molecule has 0 fully saturated rings. The number of rotatable bonds is 7. The molecule has 3 aromatic rings. The Hall–Kier alpha value is -2.65. The van der Waals surface area contributed by atoms with Crippen LogP contribution in [0.1, 0.15) is 26.3 Å². The van der Waals surface area contributed by atoms with Crippen LogP contribution in [0, 0.1) is 0 Å². The molecule has 11 heteroatoms. The summed E-state index contributed by atoms with van der Waals surface area (Å²) in [5.74, 6) is 0.304. The van der Waals surface area contributed by atoms with E-state index in [0.29, 0.717) is 39.0 Å². The summed E-state index contributed by atoms with van der Waals surface area (Å²) in [7, 11) is 1.49. The Morgan fingerprint density at radius 2 is 1.77 bits per heavy atom. The summed E-state index contributed by atoms with van der Waals surface area (Å²) in [5, 5.41) is 10.1. The molecule has 35 heavy (non-hydrogen) atoms. The third-order valence-corrected chi connectivity index (χ3v) is 5.94. The highest BCUT2D eigenvalue weighted by molar-refractivity contribution is 6.43. The second-order valence-electron chi connectivity index (χ2n) is 8.48. The Kier molecular flexibility index (Phi) is 8.77. The van der Waals surface area contributed by atoms with Gasteiger partial charge in [-0.25, -0.2) is 19.7 Å². The van der Waals surface area contributed by atoms with E-state index < -0.39 is 11.7 Å². The Morgan fingerprint density at radius 3 is 2.43 bits per heavy atom. The van der Waals surface area contributed by atoms with Crippen LogP contribution in [0.5, 0.6) is 5.88 Å². The lowest BCUT2D eigenvalue weighted by atomic mass is 10.0. The van der Waals surface area contributed by atoms with Crippen molar-refractivity contribution in [2.75, 3.05) is 20.3 Å². The highest BCUT2D eigenvalue weighted by Crippen LogP contribution is 2.39. The van der Waals surface area contributed by atoms with Crippen LogP contribution in [0.3, 0.4) is 0 Å². The molecule has 1 N–H and O–H groups in total. The molecule has 0 bridgehead atoms. The number of carbonyl (C=O) groups is 1. The Balaban J connectivity index is 1.96. The van der Waals surface area contributed by atoms with Crippen molar-refractivity contribution in [3.63, 3.8) is 0 Å². The summed E-state index contributed by atoms with van der Waals surface area (Å²) < 4.78 is 10.9. The van der Waals surface area contributed by atoms with Crippen molar-refractivity contribution in [1.29, 1.82) is 0 Å². The first-order valence-corrected chi connectivity index (χ1v) is 11.8. The lowest BCUT2D eigenvalue weighted by molar-refractivity contribution is 0.0200. The van der Waals surface area contributed by atoms with Gasteiger partial charge in [0.25, 0.3) is 0 Å². The first-order valence-electron chi connectivity index (χ1n) is 10.6. The van der Waals surface area contributed by atoms with Gasteiger partial charge in [0.05, 0.1) is 36.7 Å². The summed E-state index contributed by atoms with van der Waals surface area (Å²) >= 11 is 19.1. The van der Waals surface area contributed by atoms with Crippen LogP contribution in [0.4, 0.5) is 4.79 Å². The van der Waals surface area contributed by atoms with E-state index in [9.17, 15) is 9.90 Å². The lowest BCUT2D eigenvalue weighted by Crippen LogP contribution is -2.38. The molecule has 0 spiro atoms. The van der Waals surface area contributed by atoms with E-state index in [1.807, 2.05) is 6.07 Å². The molecule has 0 saturated heterocycles. The van der Waals surface area contributed by atoms with Crippen molar-refractivity contribution in [3.05, 3.63) is 57.4 Å². The number of nitrogens with zero attached hydrogens (tertiary/aromatic N) is 4. The van der Waals surface area contributed by atoms with Gasteiger partial charge in [-0.05, 0) is 32.9 Å². The number of methoxy groups -OCH3 is 1. The van der Waals surface area contributed by atoms with Crippen LogP contribution in [0.25, 0.3) is 22.5 Å². The fraction of sp³-hybridized carbons (Fsp3) is 0.333. The van der Waals surface area contributed by atoms with Gasteiger partial charge >= 0.3 is 6.09 Å². The maximum atomic E-state index is 12.6. The number of benzene rings is 1. The van der Waals surface area contributed by atoms with Gasteiger partial charge in [0.2, 0.25) is 5.88 Å². The second kappa shape index (κ2) is 11.4. The quantitative estimate of drug-likeness (QED) is 0.373. The maximum Gasteiger partial charge on any atom is 0.410 e. The molecule has 2 aromatic heterocycles. The maximum absolute atomic E-state index is 12.6. The minimum atomic E-state index is -0.671. The number of hydrogen-bond acceptors (Lipinski definition) is 7. The van der Waals surface area contributed by atoms with Crippen molar-refractivity contribution in [3.8, 4) is 28.4 Å². The summed E-state index contributed by atoms with van der Waals surface area (Å²) in [6, 6.07) is 8.94. The van der Waals surface area contributed by atoms with E-state index in [4.69, 9.17) is 44.3 Å². The zero-order valence-corrected chi connectivity index (χ0v) is 21.9. The van der Waals surface area contributed by atoms with E-state index in [0.717, 1.165) is 0 Å². The molecule has 0 aliphatic heterocycles. The van der Waals surface area contributed by atoms with Gasteiger partial charge in [0, 0.05) is 23.2 Å². The largest absolute Gasteiger partial charge is 0.481 e. The molecule has 2 heterocycles. The van der Waals surface area contributed by atoms with Crippen LogP contribution >= 0.6 is 34.8 Å². The fourth-order valence-electron chi connectivity index (χ4n) is 3.25. The van der Waals surface area contributed by atoms with Crippen LogP contribution < -0.4 is 4.74 Å². The van der Waals surface area contributed by atoms with Gasteiger partial charge in [-0.15, -0.1) is 0 Å². The van der Waals surface area contributed by atoms with E-state index in [2.05, 4.69) is 15.0 Å². The fourth-order valence-corrected chi connectivity index (χ4v) is 3.90. The first kappa shape index (κ1) is 26.9. The molecule has 1 aromatic carbocycles. The third kappa shape index (κ3) is 6.52. The number of ether oxygens (including phenoxy) is 2. The third-order valence-electron chi connectivity index (χ3n) is 4.79. The van der Waals surface area contributed by atoms with Crippen molar-refractivity contribution >= 4 is 40.9 Å². The number of aliphatic hydroxyl groups excluding tert-OH is 1. The van der Waals surface area contributed by atoms with Gasteiger partial charge in [0.15, 0.2) is 5.15 Å². The number of halogens is 3. The van der Waals surface area contributed by atoms with Crippen molar-refractivity contribution in [2.45, 2.75) is 32.9 Å². The molecule has 0 aliphatic rings. The number of aromatic nitrogens is 3. The number of pyridine rings is 1. The van der Waals surface area contributed by atoms with Gasteiger partial charge in [-0.3, -0.25) is 0 Å². The summed E-state index contributed by atoms with van der Waals surface area (Å²) in [5.41, 5.74) is 2.10. The Morgan fingerprint density at radius 1 is 1.06 bits per heavy atom. The van der Waals surface area contributed by atoms with Crippen molar-refractivity contribution in [1.82, 2.24) is 19.9 Å². The van der Waals surface area contributed by atoms with Crippen LogP contribution in [0.2, 0.25) is 15.2 Å². The first-order chi connectivity index (χ1) is 16.6. The minimum absolute atomic E-state index is 0.0932. The highest BCUT2D eigenvalue weighted by Gasteiger charge is 2.24. The average Bonchev–Trinajstić information content (AvgIpc) is 2.80. The highest BCUT2D eigenvalue weighted by atomic mass is 35.5. The molecule has 0 saturated carbocycles. The van der Waals surface area contributed by atoms with Crippen LogP contribution in [0.15, 0.2) is 36.7 Å². The van der Waals surface area contributed by atoms with Gasteiger partial charge in [-0.1, -0.05) is 53.0 Å². The molecule has 186 valence electrons. The predicted molar refractivity (Wildman–Crippen MR) is 136 cm³/mol. The number of carbonyl (C=O) groups excluding carboxylic acids is 1. The lowest BCUT2D eigenvalue weighted by Gasteiger charge is -2.27. The van der Waals surface area contributed by atoms with E-state index >= 15 is 0 Å². The van der Waals surface area contributed by atoms with E-state index in [1.54, 1.807) is 45.0 Å². The molecule has 8 nitrogen and oxygen atoms in total. The van der Waals surface area contributed by atoms with Gasteiger partial charge in [-0.2, -0.15) is 0 Å². The number of hydrogen-bond donors (Lipinski definition) is 1. The van der Waals surface area contributed by atoms with E-state index in [-0.39, 0.29) is 29.9 Å². The normalized spacial score (nSPS) is 11.3. The van der Waals surface area contributed by atoms with Gasteiger partial charge < -0.3 is 19.5 Å². The monoisotopic (exact) mass is 538 g/mol. The minimum Gasteiger partial charge on any atom is -0.481 e. The molecule has 0 radical (unpaired) electrons. The van der Waals surface area contributed by atoms with Crippen molar-refractivity contribution < 1.29 is 19.4 Å². The molecular weight excluding hydrogens is 515 g/mol. The molecular formula is C24H25Cl3N4O4. The summed E-state index contributed by atoms with van der Waals surface area (Å²) in [4.78, 5) is 26.7. The Labute approximate surface area is 218 Å². The van der Waals surface area contributed by atoms with Crippen LogP contribution in [-0.4, -0.2) is 56.9 Å². The number of aliphatic hydroxyl groups is 1. The Bertz CT molecular complexity index is 1220. The summed E-state index contributed by atoms with van der Waals surface area (Å²) in [6.07, 6.45) is 0.764. The molecule has 1 amide bonds. The zero-order valence-electron chi connectivity index (χ0n) is 19.7. The summed E-state index contributed by atoms with van der Waals surface area (Å²) in [6.45, 7) is 5.34. The molecule has 0 unspecified atom stereocenters. The van der Waals surface area contributed by atoms with Crippen LogP contribution in [-0.2, 0) is 11.3 Å². The van der Waals surface area contributed by atoms with Gasteiger partial charge in [0.1, 0.15) is 17.0 Å². The molecule has 3 rings (SSSR count). The SMILES string of the molecule is COc1nc(-c2cccc(-c3ncnc(Cl)c3Cl)c2Cl)ccc1CN(CCO)C(=O)OC(C)(C)C. The topological polar surface area (TPSA) is 97.7 Å². The molecule has 0 aliphatic carbocycles. The molecule has 0 atom stereocenters. The average molecular weight is 540 g/mol. The number of amides is 1. The second-order valence-corrected chi connectivity index (χ2v) is 9.60. The smallest absolute Gasteiger partial charge is 0.410 e. The predicted octanol–water partition coefficient (Wildman–Crippen LogP) is 5.90. The van der Waals surface area contributed by atoms with E-state index in [1.165, 1.54) is 18.3 Å². The van der Waals surface area contributed by atoms with Crippen molar-refractivity contribution in [2.24, 2.45) is 0 Å².